The summed E-state index contributed by atoms with van der Waals surface area (Å²) >= 11 is 0. The highest BCUT2D eigenvalue weighted by atomic mass is 19.2. The quantitative estimate of drug-likeness (QED) is 0.0425. The van der Waals surface area contributed by atoms with Crippen molar-refractivity contribution < 1.29 is 31.1 Å². The summed E-state index contributed by atoms with van der Waals surface area (Å²) in [6.45, 7) is 31.4. The van der Waals surface area contributed by atoms with Gasteiger partial charge in [0.2, 0.25) is 0 Å². The van der Waals surface area contributed by atoms with Gasteiger partial charge in [0, 0.05) is 18.4 Å². The van der Waals surface area contributed by atoms with Gasteiger partial charge < -0.3 is 4.74 Å². The van der Waals surface area contributed by atoms with Crippen LogP contribution < -0.4 is 0 Å². The van der Waals surface area contributed by atoms with Gasteiger partial charge in [0.1, 0.15) is 12.3 Å². The van der Waals surface area contributed by atoms with Gasteiger partial charge in [-0.25, -0.2) is 13.2 Å². The molecule has 0 bridgehead atoms. The second-order valence-electron chi connectivity index (χ2n) is 28.2. The van der Waals surface area contributed by atoms with Gasteiger partial charge in [-0.2, -0.15) is 0 Å². The largest absolute Gasteiger partial charge is 0.374 e. The zero-order valence-electron chi connectivity index (χ0n) is 56.2. The molecule has 7 aromatic carbocycles. The number of hydrogen-bond acceptors (Lipinski definition) is 1. The van der Waals surface area contributed by atoms with Crippen LogP contribution in [0.5, 0.6) is 0 Å². The monoisotopic (exact) mass is 1220 g/mol. The Balaban J connectivity index is 0.000000544. The van der Waals surface area contributed by atoms with Crippen LogP contribution in [0.2, 0.25) is 0 Å². The van der Waals surface area contributed by atoms with Crippen LogP contribution in [0.3, 0.4) is 0 Å². The molecule has 7 aromatic rings. The van der Waals surface area contributed by atoms with Crippen LogP contribution >= 0.6 is 0 Å². The van der Waals surface area contributed by atoms with Gasteiger partial charge in [-0.1, -0.05) is 256 Å². The van der Waals surface area contributed by atoms with E-state index in [1.165, 1.54) is 38.9 Å². The number of methoxy groups -OCH3 is 1. The van der Waals surface area contributed by atoms with Crippen LogP contribution in [0, 0.1) is 6.92 Å². The lowest BCUT2D eigenvalue weighted by molar-refractivity contribution is 0.0192. The summed E-state index contributed by atoms with van der Waals surface area (Å²) in [7, 11) is 1.72. The lowest BCUT2D eigenvalue weighted by atomic mass is 9.72. The van der Waals surface area contributed by atoms with Gasteiger partial charge in [0.15, 0.2) is 6.17 Å². The van der Waals surface area contributed by atoms with Crippen molar-refractivity contribution in [2.45, 2.75) is 198 Å². The van der Waals surface area contributed by atoms with Gasteiger partial charge in [0.25, 0.3) is 0 Å². The van der Waals surface area contributed by atoms with E-state index in [0.29, 0.717) is 30.4 Å². The minimum Gasteiger partial charge on any atom is -0.374 e. The Labute approximate surface area is 533 Å². The van der Waals surface area contributed by atoms with E-state index in [9.17, 15) is 26.3 Å². The van der Waals surface area contributed by atoms with Crippen molar-refractivity contribution in [2.75, 3.05) is 33.8 Å². The van der Waals surface area contributed by atoms with Crippen molar-refractivity contribution in [1.29, 1.82) is 0 Å². The highest BCUT2D eigenvalue weighted by molar-refractivity contribution is 5.48. The van der Waals surface area contributed by atoms with E-state index in [1.807, 2.05) is 86.7 Å². The lowest BCUT2D eigenvalue weighted by Gasteiger charge is -2.32. The molecule has 0 aliphatic heterocycles. The van der Waals surface area contributed by atoms with E-state index >= 15 is 0 Å². The smallest absolute Gasteiger partial charge is 0.153 e. The van der Waals surface area contributed by atoms with Crippen molar-refractivity contribution in [3.05, 3.63) is 261 Å². The summed E-state index contributed by atoms with van der Waals surface area (Å²) in [6.07, 6.45) is 8.33. The molecule has 0 fully saturated rings. The molecule has 0 N–H and O–H groups in total. The molecular formula is C82H104F6O. The number of aryl methyl sites for hydroxylation is 2. The minimum atomic E-state index is -1.62. The van der Waals surface area contributed by atoms with Gasteiger partial charge in [-0.05, 0) is 186 Å². The molecule has 0 aliphatic carbocycles. The fourth-order valence-corrected chi connectivity index (χ4v) is 11.8. The van der Waals surface area contributed by atoms with Crippen molar-refractivity contribution >= 4 is 12.2 Å². The highest BCUT2D eigenvalue weighted by Crippen LogP contribution is 2.42. The number of ether oxygens (including phenoxy) is 1. The van der Waals surface area contributed by atoms with Crippen LogP contribution in [-0.2, 0) is 44.1 Å². The average molecular weight is 1220 g/mol. The fraction of sp³-hybridized carbons (Fsp3) is 0.439. The summed E-state index contributed by atoms with van der Waals surface area (Å²) in [5.41, 5.74) is 11.8. The van der Waals surface area contributed by atoms with Crippen LogP contribution in [0.1, 0.15) is 230 Å². The number of benzene rings is 7. The van der Waals surface area contributed by atoms with E-state index in [1.54, 1.807) is 33.1 Å². The van der Waals surface area contributed by atoms with E-state index in [4.69, 9.17) is 4.74 Å². The molecule has 7 heteroatoms. The van der Waals surface area contributed by atoms with Gasteiger partial charge in [0.05, 0.1) is 25.6 Å². The second-order valence-corrected chi connectivity index (χ2v) is 28.2. The van der Waals surface area contributed by atoms with E-state index < -0.39 is 37.3 Å². The first-order valence-corrected chi connectivity index (χ1v) is 32.0. The molecule has 0 amide bonds. The van der Waals surface area contributed by atoms with Gasteiger partial charge in [-0.3, -0.25) is 13.2 Å². The SMILES string of the molecule is C=Cc1ccc(C(C)(C)OC)cc1.C=Cc1ccc(C)cc1.CC(C)(F)c1ccc(CCC(CCC(C)(C)c2ccc(C(CCCF)CC(C)(C)c3ccc(C(F)CF)cc3)cc2)c2ccc(C(C)(C)CC(CF)c3ccc(C(C)(C)CF)cc3)cc2)cc1. The van der Waals surface area contributed by atoms with E-state index in [0.717, 1.165) is 59.9 Å². The number of alkyl halides is 6. The predicted molar refractivity (Wildman–Crippen MR) is 368 cm³/mol. The van der Waals surface area contributed by atoms with E-state index in [2.05, 4.69) is 173 Å². The maximum Gasteiger partial charge on any atom is 0.153 e. The summed E-state index contributed by atoms with van der Waals surface area (Å²) in [6, 6.07) is 57.2. The Kier molecular flexibility index (Phi) is 27.2. The third kappa shape index (κ3) is 21.6. The molecule has 480 valence electrons. The fourth-order valence-electron chi connectivity index (χ4n) is 11.8. The molecule has 4 atom stereocenters. The Hall–Kier alpha value is -6.44. The lowest BCUT2D eigenvalue weighted by Crippen LogP contribution is -2.23. The van der Waals surface area contributed by atoms with Crippen LogP contribution in [0.15, 0.2) is 183 Å². The maximum atomic E-state index is 14.7. The summed E-state index contributed by atoms with van der Waals surface area (Å²) in [4.78, 5) is 0. The molecule has 4 unspecified atom stereocenters. The maximum absolute atomic E-state index is 14.7. The molecule has 0 aromatic heterocycles. The predicted octanol–water partition coefficient (Wildman–Crippen LogP) is 24.1. The molecule has 0 spiro atoms. The molecular weight excluding hydrogens is 1110 g/mol. The summed E-state index contributed by atoms with van der Waals surface area (Å²) < 4.78 is 89.1. The Morgan fingerprint density at radius 1 is 0.427 bits per heavy atom. The Morgan fingerprint density at radius 3 is 1.24 bits per heavy atom. The first kappa shape index (κ1) is 73.3. The molecule has 0 saturated carbocycles. The third-order valence-corrected chi connectivity index (χ3v) is 18.6. The standard InChI is InChI=1S/C61H78F6.C12H16O.C9H10/c1-57(2,51-27-19-45(20-28-51)49(12-11-37-62)38-58(3,4)53-33-23-48(24-34-53)56(66)41-64)36-35-47(16-13-43-14-25-55(26-15-43)61(9,10)67)44-17-29-52(30-18-44)59(5,6)39-50(40-63)46-21-31-54(32-22-46)60(7,8)42-65;1-5-10-6-8-11(9-7-10)12(2,3)13-4;1-3-9-6-4-8(2)5-7-9/h14-15,17-34,47,49-50,56H,11-13,16,35-42H2,1-10H3;5-9H,1H2,2-4H3;3-7H,1H2,2H3. The number of rotatable bonds is 29. The van der Waals surface area contributed by atoms with Crippen LogP contribution in [0.4, 0.5) is 26.3 Å². The normalized spacial score (nSPS) is 13.7. The van der Waals surface area contributed by atoms with Crippen molar-refractivity contribution in [3.8, 4) is 0 Å². The molecule has 1 nitrogen and oxygen atoms in total. The number of hydrogen-bond donors (Lipinski definition) is 0. The molecule has 0 saturated heterocycles. The minimum absolute atomic E-state index is 0.125. The first-order chi connectivity index (χ1) is 42.0. The highest BCUT2D eigenvalue weighted by Gasteiger charge is 2.31. The van der Waals surface area contributed by atoms with Gasteiger partial charge >= 0.3 is 0 Å². The van der Waals surface area contributed by atoms with Crippen molar-refractivity contribution in [2.24, 2.45) is 0 Å². The zero-order chi connectivity index (χ0) is 65.8. The third-order valence-electron chi connectivity index (χ3n) is 18.6. The van der Waals surface area contributed by atoms with Crippen molar-refractivity contribution in [1.82, 2.24) is 0 Å². The Morgan fingerprint density at radius 2 is 0.820 bits per heavy atom. The van der Waals surface area contributed by atoms with E-state index in [-0.39, 0.29) is 46.3 Å². The Bertz CT molecular complexity index is 3180. The average Bonchev–Trinajstić information content (AvgIpc) is 2.77. The summed E-state index contributed by atoms with van der Waals surface area (Å²) in [5.74, 6) is 0.0991. The first-order valence-electron chi connectivity index (χ1n) is 32.0. The molecule has 7 rings (SSSR count). The zero-order valence-corrected chi connectivity index (χ0v) is 56.2. The molecule has 0 radical (unpaired) electrons. The van der Waals surface area contributed by atoms with Crippen LogP contribution in [-0.4, -0.2) is 33.8 Å². The number of halogens is 6. The second kappa shape index (κ2) is 33.0. The van der Waals surface area contributed by atoms with Crippen LogP contribution in [0.25, 0.3) is 12.2 Å². The molecule has 0 heterocycles. The molecule has 89 heavy (non-hydrogen) atoms. The summed E-state index contributed by atoms with van der Waals surface area (Å²) in [5, 5.41) is 0. The molecule has 0 aliphatic rings. The van der Waals surface area contributed by atoms with Crippen molar-refractivity contribution in [3.63, 3.8) is 0 Å². The topological polar surface area (TPSA) is 9.23 Å². The van der Waals surface area contributed by atoms with Gasteiger partial charge in [-0.15, -0.1) is 0 Å².